The van der Waals surface area contributed by atoms with Crippen LogP contribution in [-0.2, 0) is 12.1 Å². The van der Waals surface area contributed by atoms with Crippen LogP contribution in [0.5, 0.6) is 5.75 Å². The molecule has 1 spiro atoms. The van der Waals surface area contributed by atoms with E-state index in [0.29, 0.717) is 37.1 Å². The van der Waals surface area contributed by atoms with Crippen LogP contribution in [0.15, 0.2) is 4.79 Å². The minimum absolute atomic E-state index is 0.155. The number of rotatable bonds is 0. The van der Waals surface area contributed by atoms with Gasteiger partial charge in [-0.25, -0.2) is 0 Å². The fourth-order valence-corrected chi connectivity index (χ4v) is 3.99. The predicted octanol–water partition coefficient (Wildman–Crippen LogP) is -0.339. The zero-order valence-corrected chi connectivity index (χ0v) is 11.5. The molecule has 1 amide bonds. The van der Waals surface area contributed by atoms with Gasteiger partial charge in [0, 0.05) is 12.1 Å². The Hall–Kier alpha value is -1.86. The van der Waals surface area contributed by atoms with Gasteiger partial charge in [-0.15, -0.1) is 0 Å². The molecular formula is C14H17N3O4. The molecule has 4 rings (SSSR count). The number of nitrogens with zero attached hydrogens (tertiary/aromatic N) is 1. The Balaban J connectivity index is 2.07. The van der Waals surface area contributed by atoms with E-state index in [2.05, 4.69) is 10.6 Å². The van der Waals surface area contributed by atoms with Crippen LogP contribution in [0.4, 0.5) is 0 Å². The Kier molecular flexibility index (Phi) is 2.50. The summed E-state index contributed by atoms with van der Waals surface area (Å²) in [6.07, 6.45) is 2.66. The van der Waals surface area contributed by atoms with Crippen molar-refractivity contribution in [3.63, 3.8) is 0 Å². The number of aliphatic hydroxyl groups excluding tert-OH is 1. The number of fused-ring (bicyclic) bond motifs is 4. The third-order valence-corrected chi connectivity index (χ3v) is 4.90. The maximum Gasteiger partial charge on any atom is 0.295 e. The molecule has 1 atom stereocenters. The highest BCUT2D eigenvalue weighted by molar-refractivity contribution is 5.97. The Morgan fingerprint density at radius 1 is 1.24 bits per heavy atom. The summed E-state index contributed by atoms with van der Waals surface area (Å²) in [7, 11) is 0. The molecule has 1 aliphatic carbocycles. The number of carbonyl (C=O) groups is 1. The number of carbonyl (C=O) groups excluding carboxylic acids is 1. The molecule has 3 aliphatic rings. The van der Waals surface area contributed by atoms with Gasteiger partial charge in [0.1, 0.15) is 17.6 Å². The third-order valence-electron chi connectivity index (χ3n) is 4.90. The first-order chi connectivity index (χ1) is 10.1. The number of amides is 1. The molecule has 0 aromatic carbocycles. The van der Waals surface area contributed by atoms with E-state index in [4.69, 9.17) is 0 Å². The van der Waals surface area contributed by atoms with Gasteiger partial charge in [-0.2, -0.15) is 0 Å². The SMILES string of the molecule is O=C1NC2(CCCC2)n2c1c1c(c(O)c2=O)C(O)NCC1. The van der Waals surface area contributed by atoms with Crippen LogP contribution in [0.3, 0.4) is 0 Å². The fraction of sp³-hybridized carbons (Fsp3) is 0.571. The van der Waals surface area contributed by atoms with Crippen LogP contribution in [0, 0.1) is 0 Å². The highest BCUT2D eigenvalue weighted by Gasteiger charge is 2.48. The van der Waals surface area contributed by atoms with Crippen molar-refractivity contribution in [1.29, 1.82) is 0 Å². The third kappa shape index (κ3) is 1.50. The van der Waals surface area contributed by atoms with E-state index in [1.165, 1.54) is 4.57 Å². The molecule has 7 heteroatoms. The predicted molar refractivity (Wildman–Crippen MR) is 72.9 cm³/mol. The van der Waals surface area contributed by atoms with Gasteiger partial charge in [-0.05, 0) is 37.7 Å². The van der Waals surface area contributed by atoms with Crippen molar-refractivity contribution in [1.82, 2.24) is 15.2 Å². The lowest BCUT2D eigenvalue weighted by Crippen LogP contribution is -2.45. The first-order valence-corrected chi connectivity index (χ1v) is 7.30. The monoisotopic (exact) mass is 291 g/mol. The zero-order valence-electron chi connectivity index (χ0n) is 11.5. The van der Waals surface area contributed by atoms with Crippen LogP contribution in [0.25, 0.3) is 0 Å². The molecular weight excluding hydrogens is 274 g/mol. The van der Waals surface area contributed by atoms with Crippen molar-refractivity contribution in [3.8, 4) is 5.75 Å². The molecule has 1 aromatic rings. The number of nitrogens with one attached hydrogen (secondary N) is 2. The van der Waals surface area contributed by atoms with Gasteiger partial charge in [-0.1, -0.05) is 0 Å². The van der Waals surface area contributed by atoms with Crippen molar-refractivity contribution < 1.29 is 15.0 Å². The average molecular weight is 291 g/mol. The molecule has 4 N–H and O–H groups in total. The Morgan fingerprint density at radius 3 is 2.67 bits per heavy atom. The molecule has 2 aliphatic heterocycles. The van der Waals surface area contributed by atoms with E-state index in [1.54, 1.807) is 0 Å². The summed E-state index contributed by atoms with van der Waals surface area (Å²) in [6, 6.07) is 0. The Bertz CT molecular complexity index is 703. The summed E-state index contributed by atoms with van der Waals surface area (Å²) in [5, 5.41) is 26.0. The number of aromatic hydroxyl groups is 1. The Morgan fingerprint density at radius 2 is 1.95 bits per heavy atom. The number of hydrogen-bond acceptors (Lipinski definition) is 5. The first-order valence-electron chi connectivity index (χ1n) is 7.30. The molecule has 112 valence electrons. The molecule has 0 bridgehead atoms. The van der Waals surface area contributed by atoms with Crippen molar-refractivity contribution in [3.05, 3.63) is 27.2 Å². The highest BCUT2D eigenvalue weighted by Crippen LogP contribution is 2.41. The van der Waals surface area contributed by atoms with Gasteiger partial charge >= 0.3 is 0 Å². The van der Waals surface area contributed by atoms with Gasteiger partial charge in [0.15, 0.2) is 5.75 Å². The molecule has 1 unspecified atom stereocenters. The van der Waals surface area contributed by atoms with Crippen molar-refractivity contribution in [2.45, 2.75) is 44.0 Å². The van der Waals surface area contributed by atoms with E-state index < -0.39 is 23.2 Å². The maximum absolute atomic E-state index is 12.6. The first kappa shape index (κ1) is 12.8. The molecule has 1 aromatic heterocycles. The molecule has 1 fully saturated rings. The summed E-state index contributed by atoms with van der Waals surface area (Å²) in [4.78, 5) is 25.0. The second kappa shape index (κ2) is 4.08. The van der Waals surface area contributed by atoms with E-state index >= 15 is 0 Å². The lowest BCUT2D eigenvalue weighted by Gasteiger charge is -2.29. The second-order valence-electron chi connectivity index (χ2n) is 6.03. The van der Waals surface area contributed by atoms with E-state index in [-0.39, 0.29) is 11.5 Å². The topological polar surface area (TPSA) is 104 Å². The van der Waals surface area contributed by atoms with Gasteiger partial charge in [0.25, 0.3) is 11.5 Å². The number of pyridine rings is 1. The van der Waals surface area contributed by atoms with Gasteiger partial charge in [0.2, 0.25) is 0 Å². The van der Waals surface area contributed by atoms with Crippen molar-refractivity contribution in [2.75, 3.05) is 6.54 Å². The van der Waals surface area contributed by atoms with E-state index in [9.17, 15) is 19.8 Å². The standard InChI is InChI=1S/C14H17N3O4/c18-10-8-7(3-6-15-11(8)19)9-12(20)16-14(4-1-2-5-14)17(9)13(10)21/h11,15,18-19H,1-6H2,(H,16,20). The Labute approximate surface area is 120 Å². The van der Waals surface area contributed by atoms with E-state index in [1.807, 2.05) is 0 Å². The van der Waals surface area contributed by atoms with Crippen LogP contribution < -0.4 is 16.2 Å². The molecule has 1 saturated carbocycles. The van der Waals surface area contributed by atoms with E-state index in [0.717, 1.165) is 12.8 Å². The van der Waals surface area contributed by atoms with Gasteiger partial charge in [-0.3, -0.25) is 19.5 Å². The van der Waals surface area contributed by atoms with Crippen molar-refractivity contribution in [2.24, 2.45) is 0 Å². The van der Waals surface area contributed by atoms with Crippen LogP contribution in [0.1, 0.15) is 53.5 Å². The minimum atomic E-state index is -1.11. The molecule has 7 nitrogen and oxygen atoms in total. The smallest absolute Gasteiger partial charge is 0.295 e. The number of aromatic nitrogens is 1. The molecule has 21 heavy (non-hydrogen) atoms. The van der Waals surface area contributed by atoms with Crippen LogP contribution in [-0.4, -0.2) is 27.2 Å². The molecule has 0 saturated heterocycles. The van der Waals surface area contributed by atoms with Crippen LogP contribution >= 0.6 is 0 Å². The normalized spacial score (nSPS) is 25.8. The summed E-state index contributed by atoms with van der Waals surface area (Å²) in [5.41, 5.74) is -0.226. The largest absolute Gasteiger partial charge is 0.503 e. The van der Waals surface area contributed by atoms with Gasteiger partial charge < -0.3 is 15.5 Å². The maximum atomic E-state index is 12.6. The lowest BCUT2D eigenvalue weighted by atomic mass is 9.96. The number of hydrogen-bond donors (Lipinski definition) is 4. The van der Waals surface area contributed by atoms with Gasteiger partial charge in [0.05, 0.1) is 0 Å². The highest BCUT2D eigenvalue weighted by atomic mass is 16.3. The fourth-order valence-electron chi connectivity index (χ4n) is 3.99. The van der Waals surface area contributed by atoms with Crippen molar-refractivity contribution >= 4 is 5.91 Å². The summed E-state index contributed by atoms with van der Waals surface area (Å²) < 4.78 is 1.44. The quantitative estimate of drug-likeness (QED) is 0.523. The summed E-state index contributed by atoms with van der Waals surface area (Å²) in [6.45, 7) is 0.499. The molecule has 3 heterocycles. The summed E-state index contributed by atoms with van der Waals surface area (Å²) >= 11 is 0. The zero-order chi connectivity index (χ0) is 14.8. The number of aliphatic hydroxyl groups is 1. The minimum Gasteiger partial charge on any atom is -0.503 e. The summed E-state index contributed by atoms with van der Waals surface area (Å²) in [5.74, 6) is -0.726. The average Bonchev–Trinajstić information content (AvgIpc) is 3.02. The molecule has 0 radical (unpaired) electrons. The lowest BCUT2D eigenvalue weighted by molar-refractivity contribution is 0.0919. The van der Waals surface area contributed by atoms with Crippen LogP contribution in [0.2, 0.25) is 0 Å². The second-order valence-corrected chi connectivity index (χ2v) is 6.03.